The van der Waals surface area contributed by atoms with Gasteiger partial charge in [0.25, 0.3) is 0 Å². The Balaban J connectivity index is 1.12. The standard InChI is InChI=1S/C49H31N3O2/c1-4-14-32(15-5-1)37-20-10-12-22-43(37)51(35-24-26-39-38-21-11-13-23-44(38)52(45(39)28-35)34-18-8-3-9-19-34)36-25-27-40-41-30-48-42(31-47(41)53-46(40)29-36)50-49(54-48)33-16-6-2-7-17-33/h1-31H. The molecule has 5 heteroatoms. The maximum Gasteiger partial charge on any atom is 0.227 e. The van der Waals surface area contributed by atoms with Crippen molar-refractivity contribution >= 4 is 71.9 Å². The fourth-order valence-electron chi connectivity index (χ4n) is 7.94. The summed E-state index contributed by atoms with van der Waals surface area (Å²) in [5.74, 6) is 0.598. The summed E-state index contributed by atoms with van der Waals surface area (Å²) < 4.78 is 15.2. The van der Waals surface area contributed by atoms with Crippen LogP contribution in [0.2, 0.25) is 0 Å². The van der Waals surface area contributed by atoms with E-state index in [0.29, 0.717) is 5.89 Å². The molecule has 3 heterocycles. The van der Waals surface area contributed by atoms with Crippen LogP contribution in [-0.2, 0) is 0 Å². The van der Waals surface area contributed by atoms with Gasteiger partial charge in [0.2, 0.25) is 5.89 Å². The van der Waals surface area contributed by atoms with E-state index in [2.05, 4.69) is 161 Å². The highest BCUT2D eigenvalue weighted by Crippen LogP contribution is 2.45. The zero-order valence-corrected chi connectivity index (χ0v) is 29.1. The molecule has 0 unspecified atom stereocenters. The Kier molecular flexibility index (Phi) is 6.79. The zero-order valence-electron chi connectivity index (χ0n) is 29.1. The highest BCUT2D eigenvalue weighted by Gasteiger charge is 2.22. The fourth-order valence-corrected chi connectivity index (χ4v) is 7.94. The van der Waals surface area contributed by atoms with Crippen molar-refractivity contribution in [1.82, 2.24) is 9.55 Å². The quantitative estimate of drug-likeness (QED) is 0.174. The molecule has 0 N–H and O–H groups in total. The van der Waals surface area contributed by atoms with Crippen LogP contribution in [0.4, 0.5) is 17.1 Å². The summed E-state index contributed by atoms with van der Waals surface area (Å²) in [6.45, 7) is 0. The molecule has 0 spiro atoms. The average Bonchev–Trinajstić information content (AvgIpc) is 3.92. The fraction of sp³-hybridized carbons (Fsp3) is 0. The van der Waals surface area contributed by atoms with Crippen LogP contribution in [0.5, 0.6) is 0 Å². The van der Waals surface area contributed by atoms with Crippen molar-refractivity contribution in [2.75, 3.05) is 4.90 Å². The monoisotopic (exact) mass is 693 g/mol. The lowest BCUT2D eigenvalue weighted by atomic mass is 10.0. The van der Waals surface area contributed by atoms with E-state index in [1.165, 1.54) is 16.3 Å². The number of anilines is 3. The van der Waals surface area contributed by atoms with Gasteiger partial charge >= 0.3 is 0 Å². The van der Waals surface area contributed by atoms with Gasteiger partial charge in [0, 0.05) is 61.9 Å². The van der Waals surface area contributed by atoms with Gasteiger partial charge < -0.3 is 18.3 Å². The van der Waals surface area contributed by atoms with Gasteiger partial charge in [-0.15, -0.1) is 0 Å². The number of hydrogen-bond donors (Lipinski definition) is 0. The third-order valence-corrected chi connectivity index (χ3v) is 10.4. The summed E-state index contributed by atoms with van der Waals surface area (Å²) in [6, 6.07) is 65.8. The first kappa shape index (κ1) is 30.3. The Morgan fingerprint density at radius 3 is 1.87 bits per heavy atom. The van der Waals surface area contributed by atoms with E-state index in [0.717, 1.165) is 78.0 Å². The largest absolute Gasteiger partial charge is 0.456 e. The molecule has 11 rings (SSSR count). The van der Waals surface area contributed by atoms with Crippen molar-refractivity contribution in [3.8, 4) is 28.3 Å². The second-order valence-corrected chi connectivity index (χ2v) is 13.6. The SMILES string of the molecule is c1ccc(-c2nc3cc4oc5cc(N(c6ccc7c8ccccc8n(-c8ccccc8)c7c6)c6ccccc6-c6ccccc6)ccc5c4cc3o2)cc1. The van der Waals surface area contributed by atoms with Crippen molar-refractivity contribution < 1.29 is 8.83 Å². The predicted octanol–water partition coefficient (Wildman–Crippen LogP) is 13.6. The molecule has 3 aromatic heterocycles. The molecule has 0 aliphatic rings. The molecule has 0 amide bonds. The summed E-state index contributed by atoms with van der Waals surface area (Å²) in [7, 11) is 0. The lowest BCUT2D eigenvalue weighted by Gasteiger charge is -2.28. The summed E-state index contributed by atoms with van der Waals surface area (Å²) in [5, 5.41) is 4.43. The van der Waals surface area contributed by atoms with E-state index in [-0.39, 0.29) is 0 Å². The van der Waals surface area contributed by atoms with E-state index in [1.807, 2.05) is 36.4 Å². The number of hydrogen-bond acceptors (Lipinski definition) is 4. The minimum absolute atomic E-state index is 0.598. The van der Waals surface area contributed by atoms with E-state index >= 15 is 0 Å². The average molecular weight is 694 g/mol. The number of furan rings is 1. The molecule has 11 aromatic rings. The summed E-state index contributed by atoms with van der Waals surface area (Å²) in [6.07, 6.45) is 0. The third kappa shape index (κ3) is 4.83. The Morgan fingerprint density at radius 1 is 0.426 bits per heavy atom. The van der Waals surface area contributed by atoms with Gasteiger partial charge in [0.05, 0.1) is 16.7 Å². The first-order chi connectivity index (χ1) is 26.8. The van der Waals surface area contributed by atoms with Crippen LogP contribution in [0.3, 0.4) is 0 Å². The number of benzene rings is 8. The van der Waals surface area contributed by atoms with Crippen LogP contribution in [0.15, 0.2) is 197 Å². The maximum atomic E-state index is 6.63. The Labute approximate surface area is 310 Å². The molecule has 8 aromatic carbocycles. The van der Waals surface area contributed by atoms with Crippen LogP contribution < -0.4 is 4.90 Å². The maximum absolute atomic E-state index is 6.63. The van der Waals surface area contributed by atoms with Crippen LogP contribution >= 0.6 is 0 Å². The second-order valence-electron chi connectivity index (χ2n) is 13.6. The predicted molar refractivity (Wildman–Crippen MR) is 221 cm³/mol. The van der Waals surface area contributed by atoms with E-state index in [1.54, 1.807) is 0 Å². The molecule has 0 aliphatic heterocycles. The number of para-hydroxylation sites is 3. The van der Waals surface area contributed by atoms with Gasteiger partial charge in [-0.25, -0.2) is 4.98 Å². The van der Waals surface area contributed by atoms with Gasteiger partial charge in [0.15, 0.2) is 5.58 Å². The topological polar surface area (TPSA) is 47.3 Å². The van der Waals surface area contributed by atoms with Crippen molar-refractivity contribution in [2.24, 2.45) is 0 Å². The van der Waals surface area contributed by atoms with Gasteiger partial charge in [-0.05, 0) is 72.3 Å². The van der Waals surface area contributed by atoms with Crippen molar-refractivity contribution in [3.63, 3.8) is 0 Å². The first-order valence-electron chi connectivity index (χ1n) is 18.1. The molecule has 0 aliphatic carbocycles. The lowest BCUT2D eigenvalue weighted by molar-refractivity contribution is 0.620. The number of oxazole rings is 1. The number of nitrogens with zero attached hydrogens (tertiary/aromatic N) is 3. The summed E-state index contributed by atoms with van der Waals surface area (Å²) in [4.78, 5) is 7.15. The molecular formula is C49H31N3O2. The van der Waals surface area contributed by atoms with Gasteiger partial charge in [-0.1, -0.05) is 109 Å². The molecule has 0 radical (unpaired) electrons. The highest BCUT2D eigenvalue weighted by molar-refractivity contribution is 6.12. The minimum Gasteiger partial charge on any atom is -0.456 e. The Morgan fingerprint density at radius 2 is 1.06 bits per heavy atom. The van der Waals surface area contributed by atoms with Gasteiger partial charge in [0.1, 0.15) is 16.7 Å². The minimum atomic E-state index is 0.598. The number of fused-ring (bicyclic) bond motifs is 7. The van der Waals surface area contributed by atoms with Gasteiger partial charge in [-0.2, -0.15) is 0 Å². The van der Waals surface area contributed by atoms with E-state index < -0.39 is 0 Å². The first-order valence-corrected chi connectivity index (χ1v) is 18.1. The highest BCUT2D eigenvalue weighted by atomic mass is 16.4. The van der Waals surface area contributed by atoms with Crippen molar-refractivity contribution in [3.05, 3.63) is 188 Å². The molecule has 0 fully saturated rings. The number of aromatic nitrogens is 2. The molecular weight excluding hydrogens is 663 g/mol. The smallest absolute Gasteiger partial charge is 0.227 e. The molecule has 5 nitrogen and oxygen atoms in total. The summed E-state index contributed by atoms with van der Waals surface area (Å²) >= 11 is 0. The van der Waals surface area contributed by atoms with Gasteiger partial charge in [-0.3, -0.25) is 0 Å². The zero-order chi connectivity index (χ0) is 35.6. The summed E-state index contributed by atoms with van der Waals surface area (Å²) in [5.41, 5.74) is 12.8. The molecule has 0 bridgehead atoms. The van der Waals surface area contributed by atoms with Crippen LogP contribution in [0.25, 0.3) is 83.1 Å². The van der Waals surface area contributed by atoms with E-state index in [9.17, 15) is 0 Å². The van der Waals surface area contributed by atoms with Crippen LogP contribution in [0.1, 0.15) is 0 Å². The Bertz CT molecular complexity index is 3160. The van der Waals surface area contributed by atoms with Crippen molar-refractivity contribution in [1.29, 1.82) is 0 Å². The normalized spacial score (nSPS) is 11.7. The molecule has 0 saturated carbocycles. The molecule has 254 valence electrons. The van der Waals surface area contributed by atoms with Crippen LogP contribution in [0, 0.1) is 0 Å². The Hall–Kier alpha value is -7.37. The van der Waals surface area contributed by atoms with Crippen LogP contribution in [-0.4, -0.2) is 9.55 Å². The lowest BCUT2D eigenvalue weighted by Crippen LogP contribution is -2.11. The number of rotatable bonds is 6. The third-order valence-electron chi connectivity index (χ3n) is 10.4. The second kappa shape index (κ2) is 12.1. The van der Waals surface area contributed by atoms with E-state index in [4.69, 9.17) is 13.8 Å². The molecule has 0 atom stereocenters. The van der Waals surface area contributed by atoms with Crippen molar-refractivity contribution in [2.45, 2.75) is 0 Å². The molecule has 0 saturated heterocycles. The molecule has 54 heavy (non-hydrogen) atoms.